The minimum Gasteiger partial charge on any atom is -0.505 e. The van der Waals surface area contributed by atoms with E-state index in [1.165, 1.54) is 18.2 Å². The number of aromatic hydroxyl groups is 1. The number of anilines is 1. The molecule has 0 spiro atoms. The number of halogens is 5. The van der Waals surface area contributed by atoms with E-state index in [0.717, 1.165) is 0 Å². The molecule has 0 saturated heterocycles. The van der Waals surface area contributed by atoms with E-state index < -0.39 is 11.7 Å². The molecule has 3 nitrogen and oxygen atoms in total. The van der Waals surface area contributed by atoms with Crippen LogP contribution in [0, 0.1) is 0 Å². The summed E-state index contributed by atoms with van der Waals surface area (Å²) >= 11 is 29.2. The lowest BCUT2D eigenvalue weighted by Gasteiger charge is -2.11. The highest BCUT2D eigenvalue weighted by Crippen LogP contribution is 2.39. The third-order valence-electron chi connectivity index (χ3n) is 2.56. The van der Waals surface area contributed by atoms with Crippen LogP contribution in [0.1, 0.15) is 10.4 Å². The largest absolute Gasteiger partial charge is 0.505 e. The van der Waals surface area contributed by atoms with Crippen molar-refractivity contribution in [2.75, 3.05) is 5.32 Å². The van der Waals surface area contributed by atoms with Gasteiger partial charge in [-0.3, -0.25) is 4.79 Å². The van der Waals surface area contributed by atoms with Crippen LogP contribution in [0.4, 0.5) is 5.69 Å². The molecule has 0 aliphatic carbocycles. The number of amides is 1. The van der Waals surface area contributed by atoms with Crippen LogP contribution in [-0.4, -0.2) is 11.0 Å². The Morgan fingerprint density at radius 2 is 1.62 bits per heavy atom. The first-order valence-corrected chi connectivity index (χ1v) is 7.33. The van der Waals surface area contributed by atoms with Crippen molar-refractivity contribution in [3.8, 4) is 5.75 Å². The summed E-state index contributed by atoms with van der Waals surface area (Å²) in [7, 11) is 0. The molecule has 21 heavy (non-hydrogen) atoms. The van der Waals surface area contributed by atoms with E-state index in [-0.39, 0.29) is 26.3 Å². The highest BCUT2D eigenvalue weighted by atomic mass is 35.5. The number of phenolic OH excluding ortho intramolecular Hbond substituents is 1. The molecule has 8 heteroatoms. The molecule has 0 aromatic heterocycles. The number of rotatable bonds is 2. The molecule has 0 unspecified atom stereocenters. The second-order valence-electron chi connectivity index (χ2n) is 3.96. The number of benzene rings is 2. The summed E-state index contributed by atoms with van der Waals surface area (Å²) in [6.07, 6.45) is 0. The molecule has 1 amide bonds. The maximum absolute atomic E-state index is 12.2. The van der Waals surface area contributed by atoms with E-state index in [1.54, 1.807) is 6.07 Å². The van der Waals surface area contributed by atoms with Gasteiger partial charge < -0.3 is 10.4 Å². The summed E-state index contributed by atoms with van der Waals surface area (Å²) in [6.45, 7) is 0. The van der Waals surface area contributed by atoms with Crippen LogP contribution < -0.4 is 5.32 Å². The molecule has 2 N–H and O–H groups in total. The van der Waals surface area contributed by atoms with Crippen molar-refractivity contribution in [2.45, 2.75) is 0 Å². The van der Waals surface area contributed by atoms with Crippen molar-refractivity contribution in [3.63, 3.8) is 0 Å². The molecule has 0 fully saturated rings. The Hall–Kier alpha value is -0.840. The van der Waals surface area contributed by atoms with E-state index in [4.69, 9.17) is 58.0 Å². The molecule has 2 aromatic carbocycles. The van der Waals surface area contributed by atoms with Gasteiger partial charge in [0.2, 0.25) is 0 Å². The van der Waals surface area contributed by atoms with Gasteiger partial charge in [0, 0.05) is 5.02 Å². The standard InChI is InChI=1S/C13H6Cl5NO2/c14-5-1-2-7(15)9(3-5)19-13(21)6-4-8(16)10(17)11(18)12(6)20/h1-4,20H,(H,19,21). The molecular formula is C13H6Cl5NO2. The van der Waals surface area contributed by atoms with Crippen molar-refractivity contribution in [2.24, 2.45) is 0 Å². The topological polar surface area (TPSA) is 49.3 Å². The Balaban J connectivity index is 2.40. The third kappa shape index (κ3) is 3.50. The first-order valence-electron chi connectivity index (χ1n) is 5.44. The summed E-state index contributed by atoms with van der Waals surface area (Å²) in [5.74, 6) is -1.13. The molecule has 2 rings (SSSR count). The fourth-order valence-electron chi connectivity index (χ4n) is 1.54. The molecule has 0 saturated carbocycles. The van der Waals surface area contributed by atoms with Gasteiger partial charge in [0.25, 0.3) is 5.91 Å². The van der Waals surface area contributed by atoms with Crippen molar-refractivity contribution in [1.82, 2.24) is 0 Å². The number of nitrogens with one attached hydrogen (secondary N) is 1. The van der Waals surface area contributed by atoms with Crippen LogP contribution in [0.2, 0.25) is 25.1 Å². The first kappa shape index (κ1) is 16.5. The van der Waals surface area contributed by atoms with Crippen molar-refractivity contribution < 1.29 is 9.90 Å². The van der Waals surface area contributed by atoms with Gasteiger partial charge in [-0.25, -0.2) is 0 Å². The molecule has 110 valence electrons. The van der Waals surface area contributed by atoms with Gasteiger partial charge in [-0.1, -0.05) is 58.0 Å². The number of hydrogen-bond acceptors (Lipinski definition) is 2. The summed E-state index contributed by atoms with van der Waals surface area (Å²) in [5.41, 5.74) is 0.154. The predicted molar refractivity (Wildman–Crippen MR) is 87.6 cm³/mol. The zero-order chi connectivity index (χ0) is 15.7. The lowest BCUT2D eigenvalue weighted by atomic mass is 10.1. The summed E-state index contributed by atoms with van der Waals surface area (Å²) in [4.78, 5) is 12.2. The van der Waals surface area contributed by atoms with E-state index in [2.05, 4.69) is 5.32 Å². The van der Waals surface area contributed by atoms with Gasteiger partial charge in [0.1, 0.15) is 10.8 Å². The van der Waals surface area contributed by atoms with E-state index in [0.29, 0.717) is 10.0 Å². The summed E-state index contributed by atoms with van der Waals surface area (Å²) in [5, 5.41) is 12.9. The van der Waals surface area contributed by atoms with Crippen molar-refractivity contribution in [1.29, 1.82) is 0 Å². The predicted octanol–water partition coefficient (Wildman–Crippen LogP) is 5.91. The lowest BCUT2D eigenvalue weighted by molar-refractivity contribution is 0.102. The SMILES string of the molecule is O=C(Nc1cc(Cl)ccc1Cl)c1cc(Cl)c(Cl)c(Cl)c1O. The van der Waals surface area contributed by atoms with E-state index in [1.807, 2.05) is 0 Å². The minimum absolute atomic E-state index is 0.0341. The molecule has 0 aliphatic heterocycles. The average Bonchev–Trinajstić information content (AvgIpc) is 2.44. The number of carbonyl (C=O) groups excluding carboxylic acids is 1. The minimum atomic E-state index is -0.655. The number of hydrogen-bond donors (Lipinski definition) is 2. The maximum atomic E-state index is 12.2. The highest BCUT2D eigenvalue weighted by molar-refractivity contribution is 6.49. The molecule has 0 heterocycles. The van der Waals surface area contributed by atoms with Crippen LogP contribution in [0.15, 0.2) is 24.3 Å². The Labute approximate surface area is 145 Å². The number of phenols is 1. The van der Waals surface area contributed by atoms with Gasteiger partial charge in [-0.15, -0.1) is 0 Å². The second-order valence-corrected chi connectivity index (χ2v) is 5.97. The molecule has 0 radical (unpaired) electrons. The second kappa shape index (κ2) is 6.51. The van der Waals surface area contributed by atoms with Crippen molar-refractivity contribution in [3.05, 3.63) is 54.9 Å². The quantitative estimate of drug-likeness (QED) is 0.631. The third-order valence-corrected chi connectivity index (χ3v) is 4.37. The molecule has 0 aliphatic rings. The molecule has 2 aromatic rings. The van der Waals surface area contributed by atoms with Crippen LogP contribution in [0.3, 0.4) is 0 Å². The molecule has 0 bridgehead atoms. The fourth-order valence-corrected chi connectivity index (χ4v) is 2.48. The van der Waals surface area contributed by atoms with Crippen LogP contribution in [-0.2, 0) is 0 Å². The lowest BCUT2D eigenvalue weighted by Crippen LogP contribution is -2.12. The van der Waals surface area contributed by atoms with Gasteiger partial charge >= 0.3 is 0 Å². The average molecular weight is 385 g/mol. The van der Waals surface area contributed by atoms with Gasteiger partial charge in [0.05, 0.1) is 26.3 Å². The van der Waals surface area contributed by atoms with Gasteiger partial charge in [0.15, 0.2) is 0 Å². The Kier molecular flexibility index (Phi) is 5.12. The van der Waals surface area contributed by atoms with Crippen LogP contribution in [0.5, 0.6) is 5.75 Å². The van der Waals surface area contributed by atoms with Gasteiger partial charge in [-0.05, 0) is 24.3 Å². The Morgan fingerprint density at radius 3 is 2.29 bits per heavy atom. The van der Waals surface area contributed by atoms with Gasteiger partial charge in [-0.2, -0.15) is 0 Å². The zero-order valence-electron chi connectivity index (χ0n) is 10.1. The highest BCUT2D eigenvalue weighted by Gasteiger charge is 2.20. The first-order chi connectivity index (χ1) is 9.81. The molecular weight excluding hydrogens is 379 g/mol. The maximum Gasteiger partial charge on any atom is 0.259 e. The molecule has 0 atom stereocenters. The van der Waals surface area contributed by atoms with Crippen LogP contribution in [0.25, 0.3) is 0 Å². The zero-order valence-corrected chi connectivity index (χ0v) is 13.8. The Morgan fingerprint density at radius 1 is 0.952 bits per heavy atom. The summed E-state index contributed by atoms with van der Waals surface area (Å²) < 4.78 is 0. The smallest absolute Gasteiger partial charge is 0.259 e. The number of carbonyl (C=O) groups is 1. The normalized spacial score (nSPS) is 10.5. The monoisotopic (exact) mass is 383 g/mol. The van der Waals surface area contributed by atoms with Crippen LogP contribution >= 0.6 is 58.0 Å². The van der Waals surface area contributed by atoms with E-state index in [9.17, 15) is 9.90 Å². The fraction of sp³-hybridized carbons (Fsp3) is 0. The van der Waals surface area contributed by atoms with E-state index >= 15 is 0 Å². The Bertz CT molecular complexity index is 733. The van der Waals surface area contributed by atoms with Crippen molar-refractivity contribution >= 4 is 69.6 Å². The summed E-state index contributed by atoms with van der Waals surface area (Å²) in [6, 6.07) is 5.78.